The van der Waals surface area contributed by atoms with Crippen molar-refractivity contribution in [3.8, 4) is 0 Å². The fraction of sp³-hybridized carbons (Fsp3) is 0.389. The molecule has 1 fully saturated rings. The molecule has 0 spiro atoms. The summed E-state index contributed by atoms with van der Waals surface area (Å²) in [7, 11) is 1.68. The van der Waals surface area contributed by atoms with Crippen molar-refractivity contribution < 1.29 is 17.6 Å². The summed E-state index contributed by atoms with van der Waals surface area (Å²) in [5.41, 5.74) is 0.156. The number of furan rings is 1. The number of nitrogens with zero attached hydrogens (tertiary/aromatic N) is 1. The van der Waals surface area contributed by atoms with Crippen molar-refractivity contribution in [3.05, 3.63) is 59.5 Å². The maximum absolute atomic E-state index is 12.8. The molecule has 0 radical (unpaired) electrons. The minimum atomic E-state index is -4.30. The molecule has 0 atom stereocenters. The lowest BCUT2D eigenvalue weighted by Crippen LogP contribution is -2.48. The van der Waals surface area contributed by atoms with Crippen LogP contribution in [0.5, 0.6) is 0 Å². The summed E-state index contributed by atoms with van der Waals surface area (Å²) in [6, 6.07) is 9.49. The van der Waals surface area contributed by atoms with Crippen LogP contribution in [0.1, 0.15) is 35.6 Å². The number of rotatable bonds is 4. The van der Waals surface area contributed by atoms with Gasteiger partial charge in [0.1, 0.15) is 5.76 Å². The number of aliphatic imine (C=N–C) groups is 1. The quantitative estimate of drug-likeness (QED) is 0.385. The van der Waals surface area contributed by atoms with Crippen molar-refractivity contribution in [2.45, 2.75) is 37.5 Å². The molecule has 0 bridgehead atoms. The van der Waals surface area contributed by atoms with Gasteiger partial charge in [0, 0.05) is 13.1 Å². The Kier molecular flexibility index (Phi) is 6.96. The molecule has 1 heterocycles. The summed E-state index contributed by atoms with van der Waals surface area (Å²) in [5, 5.41) is 6.44. The van der Waals surface area contributed by atoms with Crippen LogP contribution in [0.15, 0.2) is 52.1 Å². The minimum Gasteiger partial charge on any atom is -0.467 e. The first-order chi connectivity index (χ1) is 12.0. The molecule has 1 aromatic carbocycles. The molecule has 0 aliphatic heterocycles. The van der Waals surface area contributed by atoms with Gasteiger partial charge >= 0.3 is 6.18 Å². The molecular formula is C18H21F3IN3O. The Morgan fingerprint density at radius 1 is 1.23 bits per heavy atom. The highest BCUT2D eigenvalue weighted by molar-refractivity contribution is 14.0. The molecule has 1 aromatic heterocycles. The molecular weight excluding hydrogens is 458 g/mol. The summed E-state index contributed by atoms with van der Waals surface area (Å²) in [4.78, 5) is 4.16. The first-order valence-corrected chi connectivity index (χ1v) is 8.12. The highest BCUT2D eigenvalue weighted by atomic mass is 127. The number of benzene rings is 1. The summed E-state index contributed by atoms with van der Waals surface area (Å²) < 4.78 is 43.7. The van der Waals surface area contributed by atoms with Crippen LogP contribution < -0.4 is 10.6 Å². The van der Waals surface area contributed by atoms with Gasteiger partial charge in [0.15, 0.2) is 5.96 Å². The second kappa shape index (κ2) is 8.79. The molecule has 1 aliphatic carbocycles. The van der Waals surface area contributed by atoms with E-state index < -0.39 is 11.7 Å². The third kappa shape index (κ3) is 5.15. The van der Waals surface area contributed by atoms with Gasteiger partial charge in [-0.1, -0.05) is 18.2 Å². The molecule has 0 amide bonds. The topological polar surface area (TPSA) is 49.6 Å². The second-order valence-corrected chi connectivity index (χ2v) is 6.14. The molecule has 2 aromatic rings. The van der Waals surface area contributed by atoms with E-state index in [0.29, 0.717) is 12.5 Å². The SMILES string of the molecule is CN=C(NCc1ccco1)NC1CC(c2cccc(C(F)(F)F)c2)C1.I. The number of guanidine groups is 1. The lowest BCUT2D eigenvalue weighted by atomic mass is 9.75. The average Bonchev–Trinajstić information content (AvgIpc) is 3.06. The fourth-order valence-electron chi connectivity index (χ4n) is 2.95. The zero-order chi connectivity index (χ0) is 17.9. The standard InChI is InChI=1S/C18H20F3N3O.HI/c1-22-17(23-11-16-6-3-7-25-16)24-15-9-13(10-15)12-4-2-5-14(8-12)18(19,20)21;/h2-8,13,15H,9-11H2,1H3,(H2,22,23,24);1H. The summed E-state index contributed by atoms with van der Waals surface area (Å²) in [6.45, 7) is 0.524. The molecule has 0 saturated heterocycles. The van der Waals surface area contributed by atoms with Crippen molar-refractivity contribution in [1.82, 2.24) is 10.6 Å². The Hall–Kier alpha value is -1.71. The van der Waals surface area contributed by atoms with Crippen LogP contribution in [-0.2, 0) is 12.7 Å². The zero-order valence-electron chi connectivity index (χ0n) is 14.2. The molecule has 2 N–H and O–H groups in total. The second-order valence-electron chi connectivity index (χ2n) is 6.14. The van der Waals surface area contributed by atoms with E-state index in [-0.39, 0.29) is 35.9 Å². The zero-order valence-corrected chi connectivity index (χ0v) is 16.5. The van der Waals surface area contributed by atoms with E-state index in [9.17, 15) is 13.2 Å². The molecule has 26 heavy (non-hydrogen) atoms. The number of halogens is 4. The minimum absolute atomic E-state index is 0. The monoisotopic (exact) mass is 479 g/mol. The van der Waals surface area contributed by atoms with Crippen LogP contribution in [0.4, 0.5) is 13.2 Å². The van der Waals surface area contributed by atoms with Gasteiger partial charge in [-0.05, 0) is 42.5 Å². The molecule has 1 saturated carbocycles. The maximum atomic E-state index is 12.8. The van der Waals surface area contributed by atoms with Crippen LogP contribution >= 0.6 is 24.0 Å². The van der Waals surface area contributed by atoms with Crippen molar-refractivity contribution in [2.75, 3.05) is 7.05 Å². The normalized spacial score (nSPS) is 20.1. The van der Waals surface area contributed by atoms with E-state index in [1.54, 1.807) is 19.4 Å². The Bertz CT molecular complexity index is 726. The van der Waals surface area contributed by atoms with Crippen LogP contribution in [0.3, 0.4) is 0 Å². The summed E-state index contributed by atoms with van der Waals surface area (Å²) in [5.74, 6) is 1.60. The highest BCUT2D eigenvalue weighted by Crippen LogP contribution is 2.39. The molecule has 8 heteroatoms. The van der Waals surface area contributed by atoms with Gasteiger partial charge in [-0.3, -0.25) is 4.99 Å². The Morgan fingerprint density at radius 2 is 2.00 bits per heavy atom. The molecule has 1 aliphatic rings. The first kappa shape index (κ1) is 20.6. The van der Waals surface area contributed by atoms with E-state index in [0.717, 1.165) is 30.2 Å². The smallest absolute Gasteiger partial charge is 0.416 e. The largest absolute Gasteiger partial charge is 0.467 e. The molecule has 142 valence electrons. The number of hydrogen-bond donors (Lipinski definition) is 2. The third-order valence-electron chi connectivity index (χ3n) is 4.40. The van der Waals surface area contributed by atoms with Gasteiger partial charge in [0.25, 0.3) is 0 Å². The van der Waals surface area contributed by atoms with Crippen LogP contribution in [0.2, 0.25) is 0 Å². The van der Waals surface area contributed by atoms with Crippen molar-refractivity contribution in [3.63, 3.8) is 0 Å². The van der Waals surface area contributed by atoms with Crippen molar-refractivity contribution >= 4 is 29.9 Å². The van der Waals surface area contributed by atoms with Gasteiger partial charge in [-0.2, -0.15) is 13.2 Å². The van der Waals surface area contributed by atoms with E-state index in [1.807, 2.05) is 12.1 Å². The van der Waals surface area contributed by atoms with Crippen LogP contribution in [0.25, 0.3) is 0 Å². The molecule has 4 nitrogen and oxygen atoms in total. The van der Waals surface area contributed by atoms with Crippen molar-refractivity contribution in [1.29, 1.82) is 0 Å². The number of alkyl halides is 3. The van der Waals surface area contributed by atoms with Gasteiger partial charge in [0.2, 0.25) is 0 Å². The lowest BCUT2D eigenvalue weighted by Gasteiger charge is -2.37. The summed E-state index contributed by atoms with van der Waals surface area (Å²) >= 11 is 0. The molecule has 0 unspecified atom stereocenters. The van der Waals surface area contributed by atoms with Crippen molar-refractivity contribution in [2.24, 2.45) is 4.99 Å². The highest BCUT2D eigenvalue weighted by Gasteiger charge is 2.34. The van der Waals surface area contributed by atoms with E-state index >= 15 is 0 Å². The van der Waals surface area contributed by atoms with Gasteiger partial charge < -0.3 is 15.1 Å². The Balaban J connectivity index is 0.00000243. The van der Waals surface area contributed by atoms with Crippen LogP contribution in [-0.4, -0.2) is 19.0 Å². The summed E-state index contributed by atoms with van der Waals surface area (Å²) in [6.07, 6.45) is -1.13. The molecule has 3 rings (SSSR count). The first-order valence-electron chi connectivity index (χ1n) is 8.12. The fourth-order valence-corrected chi connectivity index (χ4v) is 2.95. The van der Waals surface area contributed by atoms with Gasteiger partial charge in [-0.15, -0.1) is 24.0 Å². The lowest BCUT2D eigenvalue weighted by molar-refractivity contribution is -0.137. The van der Waals surface area contributed by atoms with Gasteiger partial charge in [0.05, 0.1) is 18.4 Å². The third-order valence-corrected chi connectivity index (χ3v) is 4.40. The van der Waals surface area contributed by atoms with E-state index in [1.165, 1.54) is 12.1 Å². The maximum Gasteiger partial charge on any atom is 0.416 e. The average molecular weight is 479 g/mol. The predicted octanol–water partition coefficient (Wildman–Crippen LogP) is 4.53. The van der Waals surface area contributed by atoms with Gasteiger partial charge in [-0.25, -0.2) is 0 Å². The van der Waals surface area contributed by atoms with E-state index in [2.05, 4.69) is 15.6 Å². The Morgan fingerprint density at radius 3 is 2.62 bits per heavy atom. The predicted molar refractivity (Wildman–Crippen MR) is 105 cm³/mol. The Labute approximate surface area is 167 Å². The number of nitrogens with one attached hydrogen (secondary N) is 2. The van der Waals surface area contributed by atoms with Crippen LogP contribution in [0, 0.1) is 0 Å². The number of hydrogen-bond acceptors (Lipinski definition) is 2. The van der Waals surface area contributed by atoms with E-state index in [4.69, 9.17) is 4.42 Å².